The Kier molecular flexibility index (Phi) is 4.85. The normalized spacial score (nSPS) is 22.7. The molecule has 0 radical (unpaired) electrons. The second kappa shape index (κ2) is 6.45. The van der Waals surface area contributed by atoms with Crippen LogP contribution in [0.2, 0.25) is 0 Å². The third kappa shape index (κ3) is 3.95. The predicted octanol–water partition coefficient (Wildman–Crippen LogP) is 4.24. The molecule has 1 N–H and O–H groups in total. The summed E-state index contributed by atoms with van der Waals surface area (Å²) in [6.45, 7) is 0. The van der Waals surface area contributed by atoms with E-state index in [1.807, 2.05) is 0 Å². The van der Waals surface area contributed by atoms with E-state index in [0.717, 1.165) is 5.69 Å². The SMILES string of the molecule is COc1ccc(OC)c(NC2CCC(C(F)(F)F)CC2)c1. The van der Waals surface area contributed by atoms with Crippen molar-refractivity contribution in [1.29, 1.82) is 0 Å². The minimum Gasteiger partial charge on any atom is -0.497 e. The van der Waals surface area contributed by atoms with Gasteiger partial charge in [-0.15, -0.1) is 0 Å². The van der Waals surface area contributed by atoms with E-state index >= 15 is 0 Å². The molecule has 1 saturated carbocycles. The smallest absolute Gasteiger partial charge is 0.391 e. The highest BCUT2D eigenvalue weighted by Crippen LogP contribution is 2.39. The fourth-order valence-electron chi connectivity index (χ4n) is 2.71. The molecule has 0 unspecified atom stereocenters. The topological polar surface area (TPSA) is 30.5 Å². The lowest BCUT2D eigenvalue weighted by Crippen LogP contribution is -2.32. The minimum absolute atomic E-state index is 0.0320. The van der Waals surface area contributed by atoms with Gasteiger partial charge in [-0.3, -0.25) is 0 Å². The van der Waals surface area contributed by atoms with E-state index < -0.39 is 12.1 Å². The number of ether oxygens (including phenoxy) is 2. The summed E-state index contributed by atoms with van der Waals surface area (Å²) in [4.78, 5) is 0. The number of halogens is 3. The molecule has 0 saturated heterocycles. The number of nitrogens with one attached hydrogen (secondary N) is 1. The lowest BCUT2D eigenvalue weighted by molar-refractivity contribution is -0.182. The van der Waals surface area contributed by atoms with Crippen LogP contribution in [0.3, 0.4) is 0 Å². The quantitative estimate of drug-likeness (QED) is 0.902. The Morgan fingerprint density at radius 2 is 1.71 bits per heavy atom. The van der Waals surface area contributed by atoms with Crippen molar-refractivity contribution in [2.45, 2.75) is 37.9 Å². The average molecular weight is 303 g/mol. The number of rotatable bonds is 4. The number of benzene rings is 1. The summed E-state index contributed by atoms with van der Waals surface area (Å²) in [7, 11) is 3.13. The maximum atomic E-state index is 12.7. The molecule has 0 aromatic heterocycles. The maximum Gasteiger partial charge on any atom is 0.391 e. The second-order valence-electron chi connectivity index (χ2n) is 5.30. The van der Waals surface area contributed by atoms with E-state index in [1.54, 1.807) is 32.4 Å². The fraction of sp³-hybridized carbons (Fsp3) is 0.600. The molecule has 0 atom stereocenters. The Morgan fingerprint density at radius 3 is 2.24 bits per heavy atom. The van der Waals surface area contributed by atoms with Gasteiger partial charge in [-0.1, -0.05) is 0 Å². The van der Waals surface area contributed by atoms with Crippen LogP contribution in [0, 0.1) is 5.92 Å². The minimum atomic E-state index is -4.07. The Hall–Kier alpha value is -1.59. The first-order valence-corrected chi connectivity index (χ1v) is 6.99. The second-order valence-corrected chi connectivity index (χ2v) is 5.30. The van der Waals surface area contributed by atoms with Gasteiger partial charge in [-0.05, 0) is 37.8 Å². The van der Waals surface area contributed by atoms with E-state index in [-0.39, 0.29) is 18.9 Å². The van der Waals surface area contributed by atoms with E-state index in [1.165, 1.54) is 0 Å². The molecule has 118 valence electrons. The van der Waals surface area contributed by atoms with Crippen molar-refractivity contribution in [3.63, 3.8) is 0 Å². The van der Waals surface area contributed by atoms with Crippen LogP contribution in [0.5, 0.6) is 11.5 Å². The molecule has 0 spiro atoms. The highest BCUT2D eigenvalue weighted by Gasteiger charge is 2.41. The van der Waals surface area contributed by atoms with Crippen LogP contribution in [-0.4, -0.2) is 26.4 Å². The molecule has 1 fully saturated rings. The lowest BCUT2D eigenvalue weighted by Gasteiger charge is -2.31. The number of hydrogen-bond donors (Lipinski definition) is 1. The summed E-state index contributed by atoms with van der Waals surface area (Å²) in [5.41, 5.74) is 0.757. The number of anilines is 1. The van der Waals surface area contributed by atoms with Gasteiger partial charge in [0.05, 0.1) is 25.8 Å². The van der Waals surface area contributed by atoms with Crippen LogP contribution < -0.4 is 14.8 Å². The molecule has 0 amide bonds. The van der Waals surface area contributed by atoms with Crippen LogP contribution in [0.25, 0.3) is 0 Å². The van der Waals surface area contributed by atoms with Gasteiger partial charge in [0.15, 0.2) is 0 Å². The van der Waals surface area contributed by atoms with Crippen molar-refractivity contribution in [1.82, 2.24) is 0 Å². The predicted molar refractivity (Wildman–Crippen MR) is 75.0 cm³/mol. The summed E-state index contributed by atoms with van der Waals surface area (Å²) in [6, 6.07) is 5.39. The highest BCUT2D eigenvalue weighted by molar-refractivity contribution is 5.60. The van der Waals surface area contributed by atoms with Crippen molar-refractivity contribution in [3.05, 3.63) is 18.2 Å². The van der Waals surface area contributed by atoms with E-state index in [0.29, 0.717) is 24.3 Å². The van der Waals surface area contributed by atoms with Crippen LogP contribution in [0.1, 0.15) is 25.7 Å². The van der Waals surface area contributed by atoms with Crippen molar-refractivity contribution in [2.24, 2.45) is 5.92 Å². The molecule has 1 aromatic carbocycles. The van der Waals surface area contributed by atoms with Crippen LogP contribution >= 0.6 is 0 Å². The molecular formula is C15H20F3NO2. The summed E-state index contributed by atoms with van der Waals surface area (Å²) in [5.74, 6) is 0.179. The molecule has 0 aliphatic heterocycles. The third-order valence-electron chi connectivity index (χ3n) is 3.96. The van der Waals surface area contributed by atoms with Gasteiger partial charge in [0.1, 0.15) is 11.5 Å². The first-order chi connectivity index (χ1) is 9.94. The van der Waals surface area contributed by atoms with Gasteiger partial charge in [0.2, 0.25) is 0 Å². The summed E-state index contributed by atoms with van der Waals surface area (Å²) < 4.78 is 48.4. The Bertz CT molecular complexity index is 468. The fourth-order valence-corrected chi connectivity index (χ4v) is 2.71. The van der Waals surface area contributed by atoms with Gasteiger partial charge in [-0.25, -0.2) is 0 Å². The lowest BCUT2D eigenvalue weighted by atomic mass is 9.85. The summed E-state index contributed by atoms with van der Waals surface area (Å²) in [5, 5.41) is 3.27. The van der Waals surface area contributed by atoms with Crippen molar-refractivity contribution in [3.8, 4) is 11.5 Å². The first-order valence-electron chi connectivity index (χ1n) is 6.99. The van der Waals surface area contributed by atoms with Gasteiger partial charge in [-0.2, -0.15) is 13.2 Å². The van der Waals surface area contributed by atoms with Crippen molar-refractivity contribution < 1.29 is 22.6 Å². The first kappa shape index (κ1) is 15.8. The zero-order valence-corrected chi connectivity index (χ0v) is 12.2. The average Bonchev–Trinajstić information content (AvgIpc) is 2.46. The molecule has 3 nitrogen and oxygen atoms in total. The van der Waals surface area contributed by atoms with Crippen molar-refractivity contribution in [2.75, 3.05) is 19.5 Å². The molecule has 1 aliphatic carbocycles. The zero-order valence-electron chi connectivity index (χ0n) is 12.2. The maximum absolute atomic E-state index is 12.7. The van der Waals surface area contributed by atoms with Gasteiger partial charge >= 0.3 is 6.18 Å². The molecule has 0 heterocycles. The van der Waals surface area contributed by atoms with E-state index in [2.05, 4.69) is 5.32 Å². The van der Waals surface area contributed by atoms with Crippen LogP contribution in [0.15, 0.2) is 18.2 Å². The molecule has 1 aliphatic rings. The van der Waals surface area contributed by atoms with Gasteiger partial charge in [0, 0.05) is 12.1 Å². The Balaban J connectivity index is 2.00. The molecule has 0 bridgehead atoms. The van der Waals surface area contributed by atoms with Gasteiger partial charge in [0.25, 0.3) is 0 Å². The van der Waals surface area contributed by atoms with Crippen molar-refractivity contribution >= 4 is 5.69 Å². The third-order valence-corrected chi connectivity index (χ3v) is 3.96. The number of methoxy groups -OCH3 is 2. The van der Waals surface area contributed by atoms with Crippen LogP contribution in [0.4, 0.5) is 18.9 Å². The number of alkyl halides is 3. The standard InChI is InChI=1S/C15H20F3NO2/c1-20-12-7-8-14(21-2)13(9-12)19-11-5-3-10(4-6-11)15(16,17)18/h7-11,19H,3-6H2,1-2H3. The van der Waals surface area contributed by atoms with E-state index in [4.69, 9.17) is 9.47 Å². The molecule has 21 heavy (non-hydrogen) atoms. The Labute approximate surface area is 122 Å². The largest absolute Gasteiger partial charge is 0.497 e. The highest BCUT2D eigenvalue weighted by atomic mass is 19.4. The molecule has 1 aromatic rings. The summed E-state index contributed by atoms with van der Waals surface area (Å²) >= 11 is 0. The summed E-state index contributed by atoms with van der Waals surface area (Å²) in [6.07, 6.45) is -2.71. The molecule has 2 rings (SSSR count). The Morgan fingerprint density at radius 1 is 1.05 bits per heavy atom. The van der Waals surface area contributed by atoms with Crippen LogP contribution in [-0.2, 0) is 0 Å². The van der Waals surface area contributed by atoms with Gasteiger partial charge < -0.3 is 14.8 Å². The molecular weight excluding hydrogens is 283 g/mol. The number of hydrogen-bond acceptors (Lipinski definition) is 3. The zero-order chi connectivity index (χ0) is 15.5. The molecule has 6 heteroatoms. The monoisotopic (exact) mass is 303 g/mol. The van der Waals surface area contributed by atoms with E-state index in [9.17, 15) is 13.2 Å².